The number of ether oxygens (including phenoxy) is 2. The van der Waals surface area contributed by atoms with Gasteiger partial charge in [-0.3, -0.25) is 0 Å². The highest BCUT2D eigenvalue weighted by molar-refractivity contribution is 5.43. The summed E-state index contributed by atoms with van der Waals surface area (Å²) in [6.07, 6.45) is 0. The first kappa shape index (κ1) is 22.0. The van der Waals surface area contributed by atoms with Crippen molar-refractivity contribution in [3.63, 3.8) is 0 Å². The molecule has 0 spiro atoms. The molecule has 0 unspecified atom stereocenters. The van der Waals surface area contributed by atoms with E-state index in [0.29, 0.717) is 11.8 Å². The number of hydrogen-bond donors (Lipinski definition) is 0. The predicted molar refractivity (Wildman–Crippen MR) is 106 cm³/mol. The van der Waals surface area contributed by atoms with Gasteiger partial charge in [0.2, 0.25) is 0 Å². The van der Waals surface area contributed by atoms with E-state index in [1.165, 1.54) is 11.1 Å². The lowest BCUT2D eigenvalue weighted by molar-refractivity contribution is 0.354. The first-order chi connectivity index (χ1) is 11.5. The van der Waals surface area contributed by atoms with E-state index in [1.807, 2.05) is 32.0 Å². The molecule has 0 saturated carbocycles. The van der Waals surface area contributed by atoms with Crippen molar-refractivity contribution < 1.29 is 9.47 Å². The van der Waals surface area contributed by atoms with Crippen LogP contribution in [0.1, 0.15) is 64.5 Å². The Morgan fingerprint density at radius 2 is 1.12 bits per heavy atom. The van der Waals surface area contributed by atoms with Crippen LogP contribution < -0.4 is 9.47 Å². The molecule has 0 aliphatic heterocycles. The third-order valence-corrected chi connectivity index (χ3v) is 3.54. The molecule has 134 valence electrons. The van der Waals surface area contributed by atoms with E-state index in [-0.39, 0.29) is 0 Å². The molecule has 0 fully saturated rings. The Kier molecular flexibility index (Phi) is 11.4. The average Bonchev–Trinajstić information content (AvgIpc) is 2.63. The maximum atomic E-state index is 5.20. The third kappa shape index (κ3) is 7.54. The van der Waals surface area contributed by atoms with Crippen LogP contribution >= 0.6 is 0 Å². The molecule has 2 aromatic rings. The first-order valence-corrected chi connectivity index (χ1v) is 8.76. The fraction of sp³-hybridized carbons (Fsp3) is 0.455. The van der Waals surface area contributed by atoms with Gasteiger partial charge in [-0.05, 0) is 35.1 Å². The van der Waals surface area contributed by atoms with Gasteiger partial charge in [0, 0.05) is 0 Å². The molecule has 0 saturated heterocycles. The topological polar surface area (TPSA) is 18.5 Å². The Bertz CT molecular complexity index is 545. The Hall–Kier alpha value is -1.96. The summed E-state index contributed by atoms with van der Waals surface area (Å²) in [5.74, 6) is 2.76. The van der Waals surface area contributed by atoms with Crippen molar-refractivity contribution in [2.24, 2.45) is 0 Å². The summed E-state index contributed by atoms with van der Waals surface area (Å²) < 4.78 is 10.3. The largest absolute Gasteiger partial charge is 0.493 e. The Morgan fingerprint density at radius 3 is 1.50 bits per heavy atom. The highest BCUT2D eigenvalue weighted by Gasteiger charge is 2.06. The van der Waals surface area contributed by atoms with E-state index in [0.717, 1.165) is 11.5 Å². The van der Waals surface area contributed by atoms with Gasteiger partial charge in [-0.25, -0.2) is 0 Å². The first-order valence-electron chi connectivity index (χ1n) is 8.76. The summed E-state index contributed by atoms with van der Waals surface area (Å²) in [4.78, 5) is 0. The molecule has 2 heteroatoms. The number of hydrogen-bond acceptors (Lipinski definition) is 2. The molecule has 2 nitrogen and oxygen atoms in total. The standard InChI is InChI=1S/C11H16O2.C9H12.C2H6/c1-8(2)9-5-6-10(12-3)11(7-9)13-4;1-8(2)9-6-4-3-5-7-9;1-2/h5-8H,1-4H3;3-8H,1-2H3;1-2H3. The van der Waals surface area contributed by atoms with Crippen LogP contribution in [0, 0.1) is 0 Å². The second-order valence-electron chi connectivity index (χ2n) is 5.83. The van der Waals surface area contributed by atoms with Crippen molar-refractivity contribution in [1.82, 2.24) is 0 Å². The van der Waals surface area contributed by atoms with E-state index in [2.05, 4.69) is 58.0 Å². The van der Waals surface area contributed by atoms with Crippen LogP contribution in [0.25, 0.3) is 0 Å². The van der Waals surface area contributed by atoms with Gasteiger partial charge in [0.25, 0.3) is 0 Å². The van der Waals surface area contributed by atoms with Crippen molar-refractivity contribution in [3.05, 3.63) is 59.7 Å². The molecule has 0 aliphatic carbocycles. The van der Waals surface area contributed by atoms with Crippen LogP contribution in [0.5, 0.6) is 11.5 Å². The second kappa shape index (κ2) is 12.5. The molecule has 2 aromatic carbocycles. The second-order valence-corrected chi connectivity index (χ2v) is 5.83. The molecule has 24 heavy (non-hydrogen) atoms. The van der Waals surface area contributed by atoms with Crippen LogP contribution in [0.3, 0.4) is 0 Å². The third-order valence-electron chi connectivity index (χ3n) is 3.54. The molecule has 0 N–H and O–H groups in total. The molecule has 0 heterocycles. The fourth-order valence-electron chi connectivity index (χ4n) is 2.05. The summed E-state index contributed by atoms with van der Waals surface area (Å²) >= 11 is 0. The minimum absolute atomic E-state index is 0.514. The zero-order valence-electron chi connectivity index (χ0n) is 16.6. The molecule has 0 atom stereocenters. The lowest BCUT2D eigenvalue weighted by Crippen LogP contribution is -1.93. The van der Waals surface area contributed by atoms with Gasteiger partial charge in [0.15, 0.2) is 11.5 Å². The SMILES string of the molecule is CC.CC(C)c1ccccc1.COc1ccc(C(C)C)cc1OC. The van der Waals surface area contributed by atoms with Crippen LogP contribution in [-0.2, 0) is 0 Å². The van der Waals surface area contributed by atoms with Crippen molar-refractivity contribution in [1.29, 1.82) is 0 Å². The van der Waals surface area contributed by atoms with E-state index in [1.54, 1.807) is 14.2 Å². The molecule has 0 aromatic heterocycles. The minimum atomic E-state index is 0.514. The number of rotatable bonds is 4. The van der Waals surface area contributed by atoms with Crippen LogP contribution in [0.15, 0.2) is 48.5 Å². The van der Waals surface area contributed by atoms with Gasteiger partial charge in [-0.15, -0.1) is 0 Å². The van der Waals surface area contributed by atoms with Crippen LogP contribution in [0.2, 0.25) is 0 Å². The maximum absolute atomic E-state index is 5.20. The summed E-state index contributed by atoms with van der Waals surface area (Å²) in [6, 6.07) is 16.5. The zero-order valence-corrected chi connectivity index (χ0v) is 16.6. The molecular formula is C22H34O2. The summed E-state index contributed by atoms with van der Waals surface area (Å²) in [7, 11) is 3.30. The van der Waals surface area contributed by atoms with Crippen LogP contribution in [-0.4, -0.2) is 14.2 Å². The average molecular weight is 331 g/mol. The summed E-state index contributed by atoms with van der Waals surface area (Å²) in [5.41, 5.74) is 2.68. The lowest BCUT2D eigenvalue weighted by Gasteiger charge is -2.11. The molecule has 0 aliphatic rings. The van der Waals surface area contributed by atoms with Crippen molar-refractivity contribution >= 4 is 0 Å². The van der Waals surface area contributed by atoms with Gasteiger partial charge in [0.1, 0.15) is 0 Å². The molecule has 0 radical (unpaired) electrons. The molecular weight excluding hydrogens is 296 g/mol. The molecule has 0 amide bonds. The van der Waals surface area contributed by atoms with Crippen molar-refractivity contribution in [2.45, 2.75) is 53.4 Å². The van der Waals surface area contributed by atoms with Crippen molar-refractivity contribution in [2.75, 3.05) is 14.2 Å². The van der Waals surface area contributed by atoms with Gasteiger partial charge in [-0.1, -0.05) is 77.9 Å². The van der Waals surface area contributed by atoms with Gasteiger partial charge in [0.05, 0.1) is 14.2 Å². The molecule has 2 rings (SSSR count). The lowest BCUT2D eigenvalue weighted by atomic mass is 10.0. The minimum Gasteiger partial charge on any atom is -0.493 e. The smallest absolute Gasteiger partial charge is 0.160 e. The zero-order chi connectivity index (χ0) is 18.5. The quantitative estimate of drug-likeness (QED) is 0.623. The van der Waals surface area contributed by atoms with Crippen LogP contribution in [0.4, 0.5) is 0 Å². The van der Waals surface area contributed by atoms with E-state index >= 15 is 0 Å². The summed E-state index contributed by atoms with van der Waals surface area (Å²) in [5, 5.41) is 0. The summed E-state index contributed by atoms with van der Waals surface area (Å²) in [6.45, 7) is 12.7. The van der Waals surface area contributed by atoms with E-state index < -0.39 is 0 Å². The Balaban J connectivity index is 0.000000420. The van der Waals surface area contributed by atoms with E-state index in [4.69, 9.17) is 9.47 Å². The van der Waals surface area contributed by atoms with Crippen molar-refractivity contribution in [3.8, 4) is 11.5 Å². The molecule has 0 bridgehead atoms. The number of benzene rings is 2. The highest BCUT2D eigenvalue weighted by atomic mass is 16.5. The Morgan fingerprint density at radius 1 is 0.625 bits per heavy atom. The normalized spacial score (nSPS) is 9.58. The van der Waals surface area contributed by atoms with Gasteiger partial charge in [-0.2, -0.15) is 0 Å². The number of methoxy groups -OCH3 is 2. The monoisotopic (exact) mass is 330 g/mol. The predicted octanol–water partition coefficient (Wildman–Crippen LogP) is 6.66. The fourth-order valence-corrected chi connectivity index (χ4v) is 2.05. The van der Waals surface area contributed by atoms with Gasteiger partial charge >= 0.3 is 0 Å². The maximum Gasteiger partial charge on any atom is 0.160 e. The van der Waals surface area contributed by atoms with Gasteiger partial charge < -0.3 is 9.47 Å². The van der Waals surface area contributed by atoms with E-state index in [9.17, 15) is 0 Å². The Labute approximate surface area is 148 Å². The highest BCUT2D eigenvalue weighted by Crippen LogP contribution is 2.30.